The molecule has 0 fully saturated rings. The summed E-state index contributed by atoms with van der Waals surface area (Å²) < 4.78 is 4.71. The second-order valence-corrected chi connectivity index (χ2v) is 11.1. The van der Waals surface area contributed by atoms with Gasteiger partial charge in [-0.2, -0.15) is 0 Å². The highest BCUT2D eigenvalue weighted by atomic mass is 28.3. The first-order valence-corrected chi connectivity index (χ1v) is 9.74. The number of nitrogen functional groups attached to an aromatic ring is 1. The molecular formula is C14H21NO3Si. The summed E-state index contributed by atoms with van der Waals surface area (Å²) in [6, 6.07) is 5.18. The Morgan fingerprint density at radius 2 is 1.84 bits per heavy atom. The summed E-state index contributed by atoms with van der Waals surface area (Å²) in [7, 11) is -0.403. The number of Topliss-reactive ketones (excluding diaryl/α,β-unsaturated/α-hetero) is 1. The van der Waals surface area contributed by atoms with Gasteiger partial charge in [0, 0.05) is 11.2 Å². The lowest BCUT2D eigenvalue weighted by Gasteiger charge is -2.27. The summed E-state index contributed by atoms with van der Waals surface area (Å²) in [5, 5.41) is 0. The van der Waals surface area contributed by atoms with Crippen molar-refractivity contribution in [3.05, 3.63) is 29.3 Å². The summed E-state index contributed by atoms with van der Waals surface area (Å²) in [6.07, 6.45) is 0. The molecule has 0 heterocycles. The minimum absolute atomic E-state index is 0.125. The molecule has 19 heavy (non-hydrogen) atoms. The van der Waals surface area contributed by atoms with Gasteiger partial charge in [-0.25, -0.2) is 4.79 Å². The maximum Gasteiger partial charge on any atom is 0.339 e. The number of methoxy groups -OCH3 is 1. The molecule has 0 aliphatic rings. The number of hydrogen-bond donors (Lipinski definition) is 1. The Labute approximate surface area is 115 Å². The molecule has 2 N–H and O–H groups in total. The first-order chi connectivity index (χ1) is 8.68. The number of benzene rings is 1. The van der Waals surface area contributed by atoms with Crippen molar-refractivity contribution in [3.63, 3.8) is 0 Å². The highest BCUT2D eigenvalue weighted by molar-refractivity contribution is 6.80. The van der Waals surface area contributed by atoms with E-state index in [9.17, 15) is 9.59 Å². The zero-order valence-corrected chi connectivity index (χ0v) is 13.1. The Kier molecular flexibility index (Phi) is 4.52. The highest BCUT2D eigenvalue weighted by Crippen LogP contribution is 2.30. The summed E-state index contributed by atoms with van der Waals surface area (Å²) in [4.78, 5) is 23.6. The molecule has 0 aliphatic heterocycles. The van der Waals surface area contributed by atoms with Gasteiger partial charge >= 0.3 is 5.97 Å². The van der Waals surface area contributed by atoms with Gasteiger partial charge in [0.1, 0.15) is 5.78 Å². The number of ether oxygens (including phenoxy) is 1. The summed E-state index contributed by atoms with van der Waals surface area (Å²) in [5.74, 6) is -0.350. The lowest BCUT2D eigenvalue weighted by molar-refractivity contribution is -0.116. The number of carbonyl (C=O) groups excluding carboxylic acids is 2. The van der Waals surface area contributed by atoms with E-state index in [2.05, 4.69) is 19.6 Å². The third-order valence-corrected chi connectivity index (χ3v) is 5.56. The quantitative estimate of drug-likeness (QED) is 0.522. The second kappa shape index (κ2) is 5.57. The molecule has 4 nitrogen and oxygen atoms in total. The smallest absolute Gasteiger partial charge is 0.339 e. The molecule has 0 bridgehead atoms. The summed E-state index contributed by atoms with van der Waals surface area (Å²) in [6.45, 7) is 7.99. The van der Waals surface area contributed by atoms with Gasteiger partial charge in [0.2, 0.25) is 0 Å². The number of ketones is 1. The standard InChI is InChI=1S/C14H21NO3Si/c1-9(16)13(19(3,4)5)10-6-7-12(15)11(8-10)14(17)18-2/h6-8,13H,15H2,1-5H3. The third-order valence-electron chi connectivity index (χ3n) is 3.09. The molecule has 0 saturated carbocycles. The Hall–Kier alpha value is -1.62. The van der Waals surface area contributed by atoms with Crippen LogP contribution in [0.3, 0.4) is 0 Å². The average molecular weight is 279 g/mol. The molecule has 1 unspecified atom stereocenters. The lowest BCUT2D eigenvalue weighted by Crippen LogP contribution is -2.35. The predicted molar refractivity (Wildman–Crippen MR) is 79.0 cm³/mol. The molecule has 1 aromatic carbocycles. The molecule has 0 radical (unpaired) electrons. The van der Waals surface area contributed by atoms with Crippen LogP contribution < -0.4 is 5.73 Å². The van der Waals surface area contributed by atoms with Gasteiger partial charge in [-0.1, -0.05) is 25.7 Å². The van der Waals surface area contributed by atoms with Crippen LogP contribution in [-0.2, 0) is 9.53 Å². The zero-order valence-electron chi connectivity index (χ0n) is 12.1. The first kappa shape index (κ1) is 15.4. The minimum Gasteiger partial charge on any atom is -0.465 e. The van der Waals surface area contributed by atoms with Crippen LogP contribution in [0.15, 0.2) is 18.2 Å². The van der Waals surface area contributed by atoms with E-state index in [1.807, 2.05) is 6.07 Å². The van der Waals surface area contributed by atoms with Crippen molar-refractivity contribution in [1.29, 1.82) is 0 Å². The van der Waals surface area contributed by atoms with Crippen molar-refractivity contribution in [2.75, 3.05) is 12.8 Å². The lowest BCUT2D eigenvalue weighted by atomic mass is 10.0. The second-order valence-electron chi connectivity index (χ2n) is 5.75. The Morgan fingerprint density at radius 3 is 2.26 bits per heavy atom. The summed E-state index contributed by atoms with van der Waals surface area (Å²) >= 11 is 0. The van der Waals surface area contributed by atoms with Gasteiger partial charge in [0.15, 0.2) is 0 Å². The van der Waals surface area contributed by atoms with Crippen molar-refractivity contribution >= 4 is 25.5 Å². The van der Waals surface area contributed by atoms with Crippen molar-refractivity contribution < 1.29 is 14.3 Å². The topological polar surface area (TPSA) is 69.4 Å². The van der Waals surface area contributed by atoms with Crippen LogP contribution in [0.5, 0.6) is 0 Å². The van der Waals surface area contributed by atoms with E-state index in [0.29, 0.717) is 11.3 Å². The van der Waals surface area contributed by atoms with Crippen molar-refractivity contribution in [2.45, 2.75) is 32.1 Å². The van der Waals surface area contributed by atoms with Gasteiger partial charge in [-0.3, -0.25) is 4.79 Å². The number of carbonyl (C=O) groups is 2. The van der Waals surface area contributed by atoms with Gasteiger partial charge in [-0.15, -0.1) is 0 Å². The normalized spacial score (nSPS) is 12.9. The molecule has 0 amide bonds. The molecule has 1 atom stereocenters. The molecule has 0 spiro atoms. The number of rotatable bonds is 4. The van der Waals surface area contributed by atoms with Crippen LogP contribution in [0.2, 0.25) is 19.6 Å². The van der Waals surface area contributed by atoms with Crippen LogP contribution in [-0.4, -0.2) is 26.9 Å². The molecule has 0 saturated heterocycles. The third kappa shape index (κ3) is 3.44. The fourth-order valence-corrected chi connectivity index (χ4v) is 4.78. The fourth-order valence-electron chi connectivity index (χ4n) is 2.38. The predicted octanol–water partition coefficient (Wildman–Crippen LogP) is 2.61. The number of nitrogens with two attached hydrogens (primary N) is 1. The van der Waals surface area contributed by atoms with Crippen LogP contribution in [0.1, 0.15) is 28.4 Å². The molecule has 0 aromatic heterocycles. The van der Waals surface area contributed by atoms with E-state index in [1.54, 1.807) is 19.1 Å². The van der Waals surface area contributed by atoms with Crippen molar-refractivity contribution in [3.8, 4) is 0 Å². The van der Waals surface area contributed by atoms with Gasteiger partial charge < -0.3 is 10.5 Å². The molecule has 104 valence electrons. The zero-order chi connectivity index (χ0) is 14.8. The molecule has 1 rings (SSSR count). The van der Waals surface area contributed by atoms with Gasteiger partial charge in [0.25, 0.3) is 0 Å². The Morgan fingerprint density at radius 1 is 1.26 bits per heavy atom. The van der Waals surface area contributed by atoms with E-state index in [4.69, 9.17) is 10.5 Å². The minimum atomic E-state index is -1.72. The van der Waals surface area contributed by atoms with Crippen LogP contribution in [0, 0.1) is 0 Å². The van der Waals surface area contributed by atoms with E-state index in [0.717, 1.165) is 5.56 Å². The number of esters is 1. The van der Waals surface area contributed by atoms with Crippen LogP contribution in [0.25, 0.3) is 0 Å². The average Bonchev–Trinajstić information content (AvgIpc) is 2.28. The highest BCUT2D eigenvalue weighted by Gasteiger charge is 2.32. The summed E-state index contributed by atoms with van der Waals surface area (Å²) in [5.41, 5.74) is 7.18. The monoisotopic (exact) mass is 279 g/mol. The van der Waals surface area contributed by atoms with Gasteiger partial charge in [-0.05, 0) is 24.6 Å². The molecule has 5 heteroatoms. The van der Waals surface area contributed by atoms with E-state index >= 15 is 0 Å². The van der Waals surface area contributed by atoms with Crippen LogP contribution >= 0.6 is 0 Å². The number of anilines is 1. The van der Waals surface area contributed by atoms with E-state index < -0.39 is 14.0 Å². The maximum absolute atomic E-state index is 11.9. The largest absolute Gasteiger partial charge is 0.465 e. The molecule has 0 aliphatic carbocycles. The maximum atomic E-state index is 11.9. The first-order valence-electron chi connectivity index (χ1n) is 6.16. The Balaban J connectivity index is 3.34. The van der Waals surface area contributed by atoms with Crippen LogP contribution in [0.4, 0.5) is 5.69 Å². The van der Waals surface area contributed by atoms with Crippen molar-refractivity contribution in [2.24, 2.45) is 0 Å². The fraction of sp³-hybridized carbons (Fsp3) is 0.429. The SMILES string of the molecule is COC(=O)c1cc(C(C(C)=O)[Si](C)(C)C)ccc1N. The Bertz CT molecular complexity index is 506. The van der Waals surface area contributed by atoms with E-state index in [-0.39, 0.29) is 11.3 Å². The van der Waals surface area contributed by atoms with E-state index in [1.165, 1.54) is 7.11 Å². The molecular weight excluding hydrogens is 258 g/mol. The van der Waals surface area contributed by atoms with Crippen molar-refractivity contribution in [1.82, 2.24) is 0 Å². The number of hydrogen-bond acceptors (Lipinski definition) is 4. The molecule has 1 aromatic rings. The van der Waals surface area contributed by atoms with Gasteiger partial charge in [0.05, 0.1) is 20.7 Å².